The number of morpholine rings is 1. The average molecular weight is 479 g/mol. The predicted octanol–water partition coefficient (Wildman–Crippen LogP) is 4.52. The van der Waals surface area contributed by atoms with E-state index in [1.807, 2.05) is 6.07 Å². The Balaban J connectivity index is 1.65. The van der Waals surface area contributed by atoms with E-state index >= 15 is 0 Å². The number of aromatic nitrogens is 2. The van der Waals surface area contributed by atoms with Gasteiger partial charge in [0.15, 0.2) is 0 Å². The van der Waals surface area contributed by atoms with Crippen molar-refractivity contribution >= 4 is 50.1 Å². The molecule has 0 radical (unpaired) electrons. The number of nitrogens with zero attached hydrogens (tertiary/aromatic N) is 3. The van der Waals surface area contributed by atoms with Gasteiger partial charge in [-0.05, 0) is 52.2 Å². The third-order valence-electron chi connectivity index (χ3n) is 4.89. The highest BCUT2D eigenvalue weighted by Gasteiger charge is 2.17. The summed E-state index contributed by atoms with van der Waals surface area (Å²) in [7, 11) is 0. The number of benzene rings is 2. The highest BCUT2D eigenvalue weighted by Crippen LogP contribution is 2.38. The Morgan fingerprint density at radius 2 is 2.00 bits per heavy atom. The molecule has 0 amide bonds. The number of carbonyl (C=O) groups is 1. The van der Waals surface area contributed by atoms with E-state index in [2.05, 4.69) is 50.2 Å². The maximum Gasteiger partial charge on any atom is 0.327 e. The molecule has 8 heteroatoms. The topological polar surface area (TPSA) is 56.6 Å². The van der Waals surface area contributed by atoms with Crippen LogP contribution in [0.4, 0.5) is 5.69 Å². The van der Waals surface area contributed by atoms with Crippen molar-refractivity contribution in [3.05, 3.63) is 46.0 Å². The molecule has 2 heterocycles. The van der Waals surface area contributed by atoms with Crippen LogP contribution in [0.2, 0.25) is 5.02 Å². The molecule has 0 unspecified atom stereocenters. The van der Waals surface area contributed by atoms with Gasteiger partial charge in [-0.2, -0.15) is 5.10 Å². The summed E-state index contributed by atoms with van der Waals surface area (Å²) in [6.07, 6.45) is 1.77. The first kappa shape index (κ1) is 20.2. The van der Waals surface area contributed by atoms with Crippen LogP contribution in [0.3, 0.4) is 0 Å². The summed E-state index contributed by atoms with van der Waals surface area (Å²) >= 11 is 10.2. The molecule has 0 aliphatic carbocycles. The SMILES string of the molecule is CCOC(=O)Cn1cc2c(Cl)cc(-c3ccc(N4CCOCC4)cc3)c(Br)c2n1. The van der Waals surface area contributed by atoms with Gasteiger partial charge < -0.3 is 14.4 Å². The minimum Gasteiger partial charge on any atom is -0.465 e. The highest BCUT2D eigenvalue weighted by atomic mass is 79.9. The van der Waals surface area contributed by atoms with E-state index < -0.39 is 0 Å². The molecule has 0 N–H and O–H groups in total. The molecule has 1 aliphatic rings. The second-order valence-electron chi connectivity index (χ2n) is 6.76. The number of carbonyl (C=O) groups excluding carboxylic acids is 1. The Hall–Kier alpha value is -2.09. The number of hydrogen-bond donors (Lipinski definition) is 0. The summed E-state index contributed by atoms with van der Waals surface area (Å²) in [5, 5.41) is 5.91. The zero-order valence-corrected chi connectivity index (χ0v) is 18.4. The van der Waals surface area contributed by atoms with Crippen molar-refractivity contribution in [1.82, 2.24) is 9.78 Å². The van der Waals surface area contributed by atoms with Gasteiger partial charge in [0, 0.05) is 30.4 Å². The first-order valence-corrected chi connectivity index (χ1v) is 10.7. The Labute approximate surface area is 182 Å². The standard InChI is InChI=1S/C21H21BrClN3O3/c1-2-29-19(27)13-26-12-17-18(23)11-16(20(22)21(17)24-26)14-3-5-15(6-4-14)25-7-9-28-10-8-25/h3-6,11-12H,2,7-10,13H2,1H3. The predicted molar refractivity (Wildman–Crippen MR) is 118 cm³/mol. The van der Waals surface area contributed by atoms with Gasteiger partial charge in [-0.15, -0.1) is 0 Å². The van der Waals surface area contributed by atoms with Gasteiger partial charge >= 0.3 is 5.97 Å². The van der Waals surface area contributed by atoms with Crippen molar-refractivity contribution in [2.45, 2.75) is 13.5 Å². The Kier molecular flexibility index (Phi) is 6.08. The van der Waals surface area contributed by atoms with E-state index in [1.54, 1.807) is 17.8 Å². The number of rotatable bonds is 5. The summed E-state index contributed by atoms with van der Waals surface area (Å²) in [5.41, 5.74) is 3.89. The highest BCUT2D eigenvalue weighted by molar-refractivity contribution is 9.10. The number of esters is 1. The second kappa shape index (κ2) is 8.73. The maximum atomic E-state index is 11.8. The van der Waals surface area contributed by atoms with E-state index in [4.69, 9.17) is 21.1 Å². The van der Waals surface area contributed by atoms with Crippen molar-refractivity contribution in [1.29, 1.82) is 0 Å². The maximum absolute atomic E-state index is 11.8. The molecule has 3 aromatic rings. The Morgan fingerprint density at radius 1 is 1.28 bits per heavy atom. The Morgan fingerprint density at radius 3 is 2.69 bits per heavy atom. The molecule has 4 rings (SSSR count). The lowest BCUT2D eigenvalue weighted by molar-refractivity contribution is -0.144. The monoisotopic (exact) mass is 477 g/mol. The first-order valence-electron chi connectivity index (χ1n) is 9.50. The van der Waals surface area contributed by atoms with Crippen LogP contribution >= 0.6 is 27.5 Å². The molecular weight excluding hydrogens is 458 g/mol. The van der Waals surface area contributed by atoms with Crippen molar-refractivity contribution in [2.75, 3.05) is 37.8 Å². The van der Waals surface area contributed by atoms with Gasteiger partial charge in [0.05, 0.1) is 29.3 Å². The van der Waals surface area contributed by atoms with Crippen LogP contribution < -0.4 is 4.90 Å². The Bertz CT molecular complexity index is 1030. The van der Waals surface area contributed by atoms with Crippen LogP contribution in [-0.2, 0) is 20.8 Å². The number of fused-ring (bicyclic) bond motifs is 1. The van der Waals surface area contributed by atoms with Gasteiger partial charge in [-0.25, -0.2) is 0 Å². The largest absolute Gasteiger partial charge is 0.465 e. The molecule has 1 saturated heterocycles. The zero-order valence-electron chi connectivity index (χ0n) is 16.0. The van der Waals surface area contributed by atoms with Crippen LogP contribution in [0.15, 0.2) is 41.0 Å². The van der Waals surface area contributed by atoms with Crippen LogP contribution in [0.1, 0.15) is 6.92 Å². The number of anilines is 1. The van der Waals surface area contributed by atoms with Gasteiger partial charge in [0.2, 0.25) is 0 Å². The molecular formula is C21H21BrClN3O3. The molecule has 152 valence electrons. The molecule has 0 atom stereocenters. The van der Waals surface area contributed by atoms with Crippen molar-refractivity contribution in [3.8, 4) is 11.1 Å². The van der Waals surface area contributed by atoms with Crippen LogP contribution in [0.25, 0.3) is 22.0 Å². The van der Waals surface area contributed by atoms with Crippen LogP contribution in [-0.4, -0.2) is 48.7 Å². The lowest BCUT2D eigenvalue weighted by atomic mass is 10.0. The number of halogens is 2. The number of hydrogen-bond acceptors (Lipinski definition) is 5. The lowest BCUT2D eigenvalue weighted by Crippen LogP contribution is -2.36. The van der Waals surface area contributed by atoms with Gasteiger partial charge in [-0.1, -0.05) is 23.7 Å². The zero-order chi connectivity index (χ0) is 20.4. The van der Waals surface area contributed by atoms with E-state index in [1.165, 1.54) is 5.69 Å². The molecule has 1 aliphatic heterocycles. The van der Waals surface area contributed by atoms with Gasteiger partial charge in [0.25, 0.3) is 0 Å². The van der Waals surface area contributed by atoms with Crippen molar-refractivity contribution < 1.29 is 14.3 Å². The van der Waals surface area contributed by atoms with Gasteiger partial charge in [0.1, 0.15) is 12.1 Å². The van der Waals surface area contributed by atoms with Gasteiger partial charge in [-0.3, -0.25) is 9.48 Å². The second-order valence-corrected chi connectivity index (χ2v) is 7.96. The summed E-state index contributed by atoms with van der Waals surface area (Å²) < 4.78 is 12.8. The molecule has 29 heavy (non-hydrogen) atoms. The lowest BCUT2D eigenvalue weighted by Gasteiger charge is -2.29. The molecule has 6 nitrogen and oxygen atoms in total. The minimum absolute atomic E-state index is 0.0505. The molecule has 0 bridgehead atoms. The first-order chi connectivity index (χ1) is 14.1. The molecule has 1 fully saturated rings. The smallest absolute Gasteiger partial charge is 0.327 e. The summed E-state index contributed by atoms with van der Waals surface area (Å²) in [4.78, 5) is 14.1. The average Bonchev–Trinajstić information content (AvgIpc) is 3.16. The normalized spacial score (nSPS) is 14.4. The molecule has 2 aromatic carbocycles. The van der Waals surface area contributed by atoms with Crippen LogP contribution in [0.5, 0.6) is 0 Å². The van der Waals surface area contributed by atoms with E-state index in [-0.39, 0.29) is 12.5 Å². The number of ether oxygens (including phenoxy) is 2. The van der Waals surface area contributed by atoms with E-state index in [0.29, 0.717) is 17.1 Å². The van der Waals surface area contributed by atoms with Crippen molar-refractivity contribution in [2.24, 2.45) is 0 Å². The fourth-order valence-corrected chi connectivity index (χ4v) is 4.34. The summed E-state index contributed by atoms with van der Waals surface area (Å²) in [5.74, 6) is -0.327. The minimum atomic E-state index is -0.327. The van der Waals surface area contributed by atoms with Crippen molar-refractivity contribution in [3.63, 3.8) is 0 Å². The molecule has 0 saturated carbocycles. The quantitative estimate of drug-likeness (QED) is 0.505. The van der Waals surface area contributed by atoms with Crippen LogP contribution in [0, 0.1) is 0 Å². The van der Waals surface area contributed by atoms with E-state index in [0.717, 1.165) is 47.3 Å². The fraction of sp³-hybridized carbons (Fsp3) is 0.333. The third-order valence-corrected chi connectivity index (χ3v) is 6.00. The fourth-order valence-electron chi connectivity index (χ4n) is 3.46. The third kappa shape index (κ3) is 4.27. The van der Waals surface area contributed by atoms with E-state index in [9.17, 15) is 4.79 Å². The summed E-state index contributed by atoms with van der Waals surface area (Å²) in [6, 6.07) is 10.3. The molecule has 0 spiro atoms. The summed E-state index contributed by atoms with van der Waals surface area (Å²) in [6.45, 7) is 5.49. The molecule has 1 aromatic heterocycles.